The molecule has 12 heavy (non-hydrogen) atoms. The zero-order valence-electron chi connectivity index (χ0n) is 7.41. The average molecular weight is 164 g/mol. The largest absolute Gasteiger partial charge is 0.365 e. The summed E-state index contributed by atoms with van der Waals surface area (Å²) >= 11 is 0. The van der Waals surface area contributed by atoms with Crippen LogP contribution in [0.2, 0.25) is 0 Å². The van der Waals surface area contributed by atoms with E-state index in [1.807, 2.05) is 6.08 Å². The molecule has 0 radical (unpaired) electrons. The number of epoxide rings is 1. The zero-order chi connectivity index (χ0) is 8.55. The van der Waals surface area contributed by atoms with Crippen LogP contribution in [-0.4, -0.2) is 12.2 Å². The molecule has 0 spiro atoms. The minimum absolute atomic E-state index is 0.343. The lowest BCUT2D eigenvalue weighted by Gasteiger charge is -2.12. The fourth-order valence-electron chi connectivity index (χ4n) is 2.39. The molecular formula is C11H16O. The van der Waals surface area contributed by atoms with Gasteiger partial charge >= 0.3 is 0 Å². The molecule has 66 valence electrons. The van der Waals surface area contributed by atoms with E-state index < -0.39 is 0 Å². The highest BCUT2D eigenvalue weighted by atomic mass is 16.6. The number of ether oxygens (including phenoxy) is 1. The van der Waals surface area contributed by atoms with Crippen LogP contribution in [0, 0.1) is 11.8 Å². The van der Waals surface area contributed by atoms with Crippen LogP contribution in [0.25, 0.3) is 0 Å². The maximum atomic E-state index is 5.52. The molecule has 1 heteroatoms. The number of rotatable bonds is 3. The van der Waals surface area contributed by atoms with Crippen LogP contribution in [0.3, 0.4) is 0 Å². The number of allylic oxidation sites excluding steroid dienone is 1. The summed E-state index contributed by atoms with van der Waals surface area (Å²) in [5, 5.41) is 0. The summed E-state index contributed by atoms with van der Waals surface area (Å²) in [5.74, 6) is 1.42. The van der Waals surface area contributed by atoms with E-state index in [4.69, 9.17) is 4.74 Å². The normalized spacial score (nSPS) is 45.7. The van der Waals surface area contributed by atoms with Gasteiger partial charge in [-0.25, -0.2) is 0 Å². The lowest BCUT2D eigenvalue weighted by atomic mass is 9.91. The summed E-state index contributed by atoms with van der Waals surface area (Å²) < 4.78 is 5.52. The van der Waals surface area contributed by atoms with Crippen LogP contribution in [-0.2, 0) is 4.74 Å². The number of hydrogen-bond donors (Lipinski definition) is 0. The Morgan fingerprint density at radius 3 is 2.58 bits per heavy atom. The van der Waals surface area contributed by atoms with Gasteiger partial charge in [0.1, 0.15) is 6.10 Å². The summed E-state index contributed by atoms with van der Waals surface area (Å²) in [6, 6.07) is 0. The van der Waals surface area contributed by atoms with E-state index in [0.29, 0.717) is 18.1 Å². The molecule has 2 aliphatic rings. The maximum absolute atomic E-state index is 5.52. The highest BCUT2D eigenvalue weighted by Gasteiger charge is 2.46. The Bertz CT molecular complexity index is 197. The fraction of sp³-hybridized carbons (Fsp3) is 0.636. The second-order valence-electron chi connectivity index (χ2n) is 3.80. The van der Waals surface area contributed by atoms with Gasteiger partial charge < -0.3 is 4.74 Å². The molecule has 0 bridgehead atoms. The molecule has 1 aliphatic heterocycles. The van der Waals surface area contributed by atoms with E-state index in [2.05, 4.69) is 19.2 Å². The van der Waals surface area contributed by atoms with Gasteiger partial charge in [-0.3, -0.25) is 0 Å². The van der Waals surface area contributed by atoms with E-state index in [0.717, 1.165) is 5.92 Å². The molecule has 2 fully saturated rings. The molecule has 0 unspecified atom stereocenters. The van der Waals surface area contributed by atoms with Crippen molar-refractivity contribution in [3.05, 3.63) is 25.3 Å². The van der Waals surface area contributed by atoms with Crippen molar-refractivity contribution in [1.82, 2.24) is 0 Å². The summed E-state index contributed by atoms with van der Waals surface area (Å²) in [7, 11) is 0. The summed E-state index contributed by atoms with van der Waals surface area (Å²) in [5.41, 5.74) is 0. The van der Waals surface area contributed by atoms with Crippen LogP contribution >= 0.6 is 0 Å². The average Bonchev–Trinajstić information content (AvgIpc) is 2.74. The Morgan fingerprint density at radius 1 is 1.17 bits per heavy atom. The van der Waals surface area contributed by atoms with Crippen LogP contribution in [0.4, 0.5) is 0 Å². The first-order valence-electron chi connectivity index (χ1n) is 4.77. The van der Waals surface area contributed by atoms with Crippen LogP contribution in [0.15, 0.2) is 25.3 Å². The Morgan fingerprint density at radius 2 is 2.00 bits per heavy atom. The topological polar surface area (TPSA) is 12.5 Å². The van der Waals surface area contributed by atoms with E-state index in [9.17, 15) is 0 Å². The monoisotopic (exact) mass is 164 g/mol. The lowest BCUT2D eigenvalue weighted by Crippen LogP contribution is -2.13. The molecular weight excluding hydrogens is 148 g/mol. The van der Waals surface area contributed by atoms with E-state index in [1.54, 1.807) is 0 Å². The molecule has 0 aromatic carbocycles. The van der Waals surface area contributed by atoms with E-state index in [1.165, 1.54) is 19.3 Å². The second kappa shape index (κ2) is 3.06. The Kier molecular flexibility index (Phi) is 2.05. The first kappa shape index (κ1) is 8.06. The molecule has 0 N–H and O–H groups in total. The van der Waals surface area contributed by atoms with Gasteiger partial charge in [-0.2, -0.15) is 0 Å². The SMILES string of the molecule is C=C[C@@H]1CCC[C@@H]1[C@@H]1O[C@H]1C=C. The standard InChI is InChI=1S/C11H16O/c1-3-8-6-5-7-9(8)11-10(4-2)12-11/h3-4,8-11H,1-2,5-7H2/t8-,9+,10+,11+/m1/s1. The minimum Gasteiger partial charge on any atom is -0.365 e. The summed E-state index contributed by atoms with van der Waals surface area (Å²) in [6.07, 6.45) is 8.78. The zero-order valence-corrected chi connectivity index (χ0v) is 7.41. The van der Waals surface area contributed by atoms with Crippen LogP contribution in [0.5, 0.6) is 0 Å². The first-order chi connectivity index (χ1) is 5.86. The third-order valence-electron chi connectivity index (χ3n) is 3.14. The van der Waals surface area contributed by atoms with Crippen molar-refractivity contribution in [3.8, 4) is 0 Å². The van der Waals surface area contributed by atoms with E-state index in [-0.39, 0.29) is 0 Å². The second-order valence-corrected chi connectivity index (χ2v) is 3.80. The van der Waals surface area contributed by atoms with Crippen molar-refractivity contribution in [1.29, 1.82) is 0 Å². The summed E-state index contributed by atoms with van der Waals surface area (Å²) in [6.45, 7) is 7.62. The molecule has 4 atom stereocenters. The minimum atomic E-state index is 0.343. The van der Waals surface area contributed by atoms with Gasteiger partial charge in [0.05, 0.1) is 6.10 Å². The molecule has 1 saturated carbocycles. The van der Waals surface area contributed by atoms with Gasteiger partial charge in [0.15, 0.2) is 0 Å². The van der Waals surface area contributed by atoms with Gasteiger partial charge in [-0.05, 0) is 24.7 Å². The van der Waals surface area contributed by atoms with Gasteiger partial charge in [0.2, 0.25) is 0 Å². The highest BCUT2D eigenvalue weighted by molar-refractivity contribution is 5.06. The molecule has 1 aliphatic carbocycles. The van der Waals surface area contributed by atoms with Crippen molar-refractivity contribution in [3.63, 3.8) is 0 Å². The van der Waals surface area contributed by atoms with Crippen molar-refractivity contribution < 1.29 is 4.74 Å². The van der Waals surface area contributed by atoms with Gasteiger partial charge in [0.25, 0.3) is 0 Å². The van der Waals surface area contributed by atoms with Crippen molar-refractivity contribution in [2.24, 2.45) is 11.8 Å². The van der Waals surface area contributed by atoms with Crippen molar-refractivity contribution in [2.45, 2.75) is 31.5 Å². The Labute approximate surface area is 74.1 Å². The van der Waals surface area contributed by atoms with Gasteiger partial charge in [-0.15, -0.1) is 13.2 Å². The van der Waals surface area contributed by atoms with Crippen LogP contribution < -0.4 is 0 Å². The Hall–Kier alpha value is -0.560. The van der Waals surface area contributed by atoms with Crippen molar-refractivity contribution >= 4 is 0 Å². The van der Waals surface area contributed by atoms with Gasteiger partial charge in [0, 0.05) is 0 Å². The van der Waals surface area contributed by atoms with Crippen molar-refractivity contribution in [2.75, 3.05) is 0 Å². The molecule has 0 aromatic heterocycles. The third-order valence-corrected chi connectivity index (χ3v) is 3.14. The summed E-state index contributed by atoms with van der Waals surface area (Å²) in [4.78, 5) is 0. The quantitative estimate of drug-likeness (QED) is 0.461. The first-order valence-corrected chi connectivity index (χ1v) is 4.77. The molecule has 0 aromatic rings. The van der Waals surface area contributed by atoms with Gasteiger partial charge in [-0.1, -0.05) is 18.6 Å². The molecule has 1 heterocycles. The third kappa shape index (κ3) is 1.22. The molecule has 1 nitrogen and oxygen atoms in total. The molecule has 2 rings (SSSR count). The molecule has 1 saturated heterocycles. The predicted octanol–water partition coefficient (Wildman–Crippen LogP) is 2.54. The smallest absolute Gasteiger partial charge is 0.102 e. The predicted molar refractivity (Wildman–Crippen MR) is 49.9 cm³/mol. The molecule has 0 amide bonds. The maximum Gasteiger partial charge on any atom is 0.102 e. The Balaban J connectivity index is 1.95. The fourth-order valence-corrected chi connectivity index (χ4v) is 2.39. The lowest BCUT2D eigenvalue weighted by molar-refractivity contribution is 0.299. The van der Waals surface area contributed by atoms with Crippen LogP contribution in [0.1, 0.15) is 19.3 Å². The number of hydrogen-bond acceptors (Lipinski definition) is 1. The highest BCUT2D eigenvalue weighted by Crippen LogP contribution is 2.43. The van der Waals surface area contributed by atoms with E-state index >= 15 is 0 Å².